The molecule has 5 nitrogen and oxygen atoms in total. The van der Waals surface area contributed by atoms with E-state index in [-0.39, 0.29) is 12.5 Å². The zero-order valence-electron chi connectivity index (χ0n) is 16.7. The van der Waals surface area contributed by atoms with Crippen LogP contribution in [0.5, 0.6) is 11.5 Å². The molecular weight excluding hydrogens is 340 g/mol. The van der Waals surface area contributed by atoms with E-state index in [4.69, 9.17) is 9.47 Å². The fourth-order valence-corrected chi connectivity index (χ4v) is 2.77. The molecule has 0 aromatic heterocycles. The van der Waals surface area contributed by atoms with Gasteiger partial charge in [-0.15, -0.1) is 0 Å². The first-order chi connectivity index (χ1) is 13.0. The maximum atomic E-state index is 12.0. The SMILES string of the molecule is CCC(C)c1ccccc1OCC(=O)NN=Cc1ccc(OC)c(C)c1C. The molecule has 0 radical (unpaired) electrons. The molecule has 2 aromatic rings. The molecule has 0 heterocycles. The molecular formula is C22H28N2O3. The molecule has 0 aliphatic heterocycles. The van der Waals surface area contributed by atoms with Crippen molar-refractivity contribution in [2.75, 3.05) is 13.7 Å². The minimum absolute atomic E-state index is 0.0780. The average Bonchev–Trinajstić information content (AvgIpc) is 2.69. The Hall–Kier alpha value is -2.82. The van der Waals surface area contributed by atoms with E-state index >= 15 is 0 Å². The second-order valence-corrected chi connectivity index (χ2v) is 6.54. The summed E-state index contributed by atoms with van der Waals surface area (Å²) in [7, 11) is 1.65. The highest BCUT2D eigenvalue weighted by molar-refractivity contribution is 5.85. The third-order valence-corrected chi connectivity index (χ3v) is 4.81. The molecule has 144 valence electrons. The Bertz CT molecular complexity index is 815. The number of hydrazone groups is 1. The van der Waals surface area contributed by atoms with Gasteiger partial charge in [-0.1, -0.05) is 32.0 Å². The molecule has 2 rings (SSSR count). The van der Waals surface area contributed by atoms with Crippen LogP contribution in [0.1, 0.15) is 48.4 Å². The lowest BCUT2D eigenvalue weighted by Gasteiger charge is -2.15. The van der Waals surface area contributed by atoms with Crippen LogP contribution in [0, 0.1) is 13.8 Å². The van der Waals surface area contributed by atoms with E-state index in [0.29, 0.717) is 5.92 Å². The molecule has 1 unspecified atom stereocenters. The number of carbonyl (C=O) groups excluding carboxylic acids is 1. The molecule has 0 bridgehead atoms. The number of para-hydroxylation sites is 1. The fraction of sp³-hybridized carbons (Fsp3) is 0.364. The number of nitrogens with zero attached hydrogens (tertiary/aromatic N) is 1. The summed E-state index contributed by atoms with van der Waals surface area (Å²) in [5.74, 6) is 1.66. The smallest absolute Gasteiger partial charge is 0.277 e. The lowest BCUT2D eigenvalue weighted by molar-refractivity contribution is -0.123. The Morgan fingerprint density at radius 2 is 1.89 bits per heavy atom. The highest BCUT2D eigenvalue weighted by atomic mass is 16.5. The van der Waals surface area contributed by atoms with E-state index in [2.05, 4.69) is 24.4 Å². The van der Waals surface area contributed by atoms with Crippen LogP contribution in [-0.2, 0) is 4.79 Å². The summed E-state index contributed by atoms with van der Waals surface area (Å²) in [6.07, 6.45) is 2.64. The van der Waals surface area contributed by atoms with Crippen molar-refractivity contribution in [1.82, 2.24) is 5.43 Å². The summed E-state index contributed by atoms with van der Waals surface area (Å²) >= 11 is 0. The number of rotatable bonds is 8. The van der Waals surface area contributed by atoms with Crippen LogP contribution in [0.4, 0.5) is 0 Å². The predicted octanol–water partition coefficient (Wildman–Crippen LogP) is 4.35. The number of hydrogen-bond acceptors (Lipinski definition) is 4. The van der Waals surface area contributed by atoms with Gasteiger partial charge in [0.2, 0.25) is 0 Å². The Labute approximate surface area is 161 Å². The fourth-order valence-electron chi connectivity index (χ4n) is 2.77. The Kier molecular flexibility index (Phi) is 7.41. The van der Waals surface area contributed by atoms with E-state index < -0.39 is 0 Å². The van der Waals surface area contributed by atoms with Crippen molar-refractivity contribution < 1.29 is 14.3 Å². The molecule has 2 aromatic carbocycles. The normalized spacial score (nSPS) is 12.0. The lowest BCUT2D eigenvalue weighted by atomic mass is 9.98. The molecule has 1 amide bonds. The Morgan fingerprint density at radius 1 is 1.15 bits per heavy atom. The van der Waals surface area contributed by atoms with Crippen molar-refractivity contribution in [3.63, 3.8) is 0 Å². The van der Waals surface area contributed by atoms with E-state index in [0.717, 1.165) is 40.2 Å². The monoisotopic (exact) mass is 368 g/mol. The van der Waals surface area contributed by atoms with E-state index in [1.807, 2.05) is 50.2 Å². The topological polar surface area (TPSA) is 59.9 Å². The second-order valence-electron chi connectivity index (χ2n) is 6.54. The second kappa shape index (κ2) is 9.76. The highest BCUT2D eigenvalue weighted by Gasteiger charge is 2.11. The van der Waals surface area contributed by atoms with E-state index in [9.17, 15) is 4.79 Å². The summed E-state index contributed by atoms with van der Waals surface area (Å²) in [4.78, 5) is 12.0. The highest BCUT2D eigenvalue weighted by Crippen LogP contribution is 2.28. The molecule has 1 atom stereocenters. The standard InChI is InChI=1S/C22H28N2O3/c1-6-15(2)19-9-7-8-10-21(19)27-14-22(25)24-23-13-18-11-12-20(26-5)17(4)16(18)3/h7-13,15H,6,14H2,1-5H3,(H,24,25). The van der Waals surface area contributed by atoms with Gasteiger partial charge in [0.05, 0.1) is 13.3 Å². The van der Waals surface area contributed by atoms with Crippen molar-refractivity contribution in [2.24, 2.45) is 5.10 Å². The Balaban J connectivity index is 1.94. The van der Waals surface area contributed by atoms with Crippen molar-refractivity contribution in [3.8, 4) is 11.5 Å². The lowest BCUT2D eigenvalue weighted by Crippen LogP contribution is -2.25. The van der Waals surface area contributed by atoms with Gasteiger partial charge in [-0.25, -0.2) is 5.43 Å². The van der Waals surface area contributed by atoms with Crippen LogP contribution in [0.15, 0.2) is 41.5 Å². The van der Waals surface area contributed by atoms with Gasteiger partial charge >= 0.3 is 0 Å². The van der Waals surface area contributed by atoms with Gasteiger partial charge in [0, 0.05) is 0 Å². The quantitative estimate of drug-likeness (QED) is 0.556. The van der Waals surface area contributed by atoms with Gasteiger partial charge in [0.1, 0.15) is 11.5 Å². The molecule has 0 fully saturated rings. The minimum Gasteiger partial charge on any atom is -0.496 e. The molecule has 0 aliphatic carbocycles. The Morgan fingerprint density at radius 3 is 2.59 bits per heavy atom. The van der Waals surface area contributed by atoms with Crippen molar-refractivity contribution in [1.29, 1.82) is 0 Å². The van der Waals surface area contributed by atoms with Crippen molar-refractivity contribution >= 4 is 12.1 Å². The molecule has 0 saturated heterocycles. The molecule has 27 heavy (non-hydrogen) atoms. The van der Waals surface area contributed by atoms with E-state index in [1.165, 1.54) is 0 Å². The van der Waals surface area contributed by atoms with Crippen molar-refractivity contribution in [3.05, 3.63) is 58.7 Å². The van der Waals surface area contributed by atoms with Gasteiger partial charge < -0.3 is 9.47 Å². The zero-order chi connectivity index (χ0) is 19.8. The maximum Gasteiger partial charge on any atom is 0.277 e. The number of methoxy groups -OCH3 is 1. The average molecular weight is 368 g/mol. The first-order valence-corrected chi connectivity index (χ1v) is 9.15. The molecule has 1 N–H and O–H groups in total. The number of carbonyl (C=O) groups is 1. The third-order valence-electron chi connectivity index (χ3n) is 4.81. The largest absolute Gasteiger partial charge is 0.496 e. The minimum atomic E-state index is -0.298. The van der Waals surface area contributed by atoms with Gasteiger partial charge in [0.25, 0.3) is 5.91 Å². The number of amides is 1. The van der Waals surface area contributed by atoms with Gasteiger partial charge in [0.15, 0.2) is 6.61 Å². The predicted molar refractivity (Wildman–Crippen MR) is 109 cm³/mol. The van der Waals surface area contributed by atoms with Gasteiger partial charge in [-0.2, -0.15) is 5.10 Å². The van der Waals surface area contributed by atoms with Crippen LogP contribution in [0.3, 0.4) is 0 Å². The number of benzene rings is 2. The first kappa shape index (κ1) is 20.5. The van der Waals surface area contributed by atoms with Crippen LogP contribution >= 0.6 is 0 Å². The number of nitrogens with one attached hydrogen (secondary N) is 1. The summed E-state index contributed by atoms with van der Waals surface area (Å²) in [6, 6.07) is 11.6. The number of hydrogen-bond donors (Lipinski definition) is 1. The van der Waals surface area contributed by atoms with Crippen molar-refractivity contribution in [2.45, 2.75) is 40.0 Å². The zero-order valence-corrected chi connectivity index (χ0v) is 16.7. The molecule has 5 heteroatoms. The summed E-state index contributed by atoms with van der Waals surface area (Å²) < 4.78 is 11.0. The van der Waals surface area contributed by atoms with Crippen LogP contribution in [0.25, 0.3) is 0 Å². The van der Waals surface area contributed by atoms with Crippen LogP contribution in [-0.4, -0.2) is 25.8 Å². The summed E-state index contributed by atoms with van der Waals surface area (Å²) in [6.45, 7) is 8.19. The molecule has 0 saturated carbocycles. The summed E-state index contributed by atoms with van der Waals surface area (Å²) in [5.41, 5.74) is 6.67. The van der Waals surface area contributed by atoms with Crippen LogP contribution < -0.4 is 14.9 Å². The van der Waals surface area contributed by atoms with Gasteiger partial charge in [-0.3, -0.25) is 4.79 Å². The summed E-state index contributed by atoms with van der Waals surface area (Å²) in [5, 5.41) is 4.04. The first-order valence-electron chi connectivity index (χ1n) is 9.15. The van der Waals surface area contributed by atoms with E-state index in [1.54, 1.807) is 13.3 Å². The molecule has 0 aliphatic rings. The maximum absolute atomic E-state index is 12.0. The van der Waals surface area contributed by atoms with Crippen LogP contribution in [0.2, 0.25) is 0 Å². The third kappa shape index (κ3) is 5.33. The molecule has 0 spiro atoms. The number of ether oxygens (including phenoxy) is 2. The van der Waals surface area contributed by atoms with Gasteiger partial charge in [-0.05, 0) is 66.6 Å².